The van der Waals surface area contributed by atoms with Crippen LogP contribution in [-0.4, -0.2) is 0 Å². The zero-order valence-corrected chi connectivity index (χ0v) is 21.9. The van der Waals surface area contributed by atoms with Gasteiger partial charge in [-0.25, -0.2) is 0 Å². The lowest BCUT2D eigenvalue weighted by Crippen LogP contribution is -2.30. The van der Waals surface area contributed by atoms with E-state index in [1.165, 1.54) is 38.5 Å². The summed E-state index contributed by atoms with van der Waals surface area (Å²) in [5.41, 5.74) is 13.1. The first-order chi connectivity index (χ1) is 16.0. The Balaban J connectivity index is 1.88. The quantitative estimate of drug-likeness (QED) is 0.344. The summed E-state index contributed by atoms with van der Waals surface area (Å²) in [6.45, 7) is 14.6. The number of fused-ring (bicyclic) bond motifs is 2. The van der Waals surface area contributed by atoms with Gasteiger partial charge in [-0.05, 0) is 77.3 Å². The maximum absolute atomic E-state index is 2.58. The lowest BCUT2D eigenvalue weighted by molar-refractivity contribution is 0.269. The van der Waals surface area contributed by atoms with Gasteiger partial charge in [0.25, 0.3) is 0 Å². The van der Waals surface area contributed by atoms with Crippen LogP contribution in [0.4, 0.5) is 0 Å². The van der Waals surface area contributed by atoms with E-state index in [4.69, 9.17) is 0 Å². The largest absolute Gasteiger partial charge is 0.0654 e. The molecule has 2 atom stereocenters. The number of allylic oxidation sites excluding steroid dienone is 4. The van der Waals surface area contributed by atoms with Crippen LogP contribution in [0.3, 0.4) is 0 Å². The summed E-state index contributed by atoms with van der Waals surface area (Å²) in [6, 6.07) is 18.7. The molecule has 0 spiro atoms. The number of hydrogen-bond donors (Lipinski definition) is 0. The molecule has 2 aliphatic rings. The Bertz CT molecular complexity index is 962. The van der Waals surface area contributed by atoms with Crippen molar-refractivity contribution in [3.63, 3.8) is 0 Å². The average molecular weight is 441 g/mol. The van der Waals surface area contributed by atoms with E-state index in [9.17, 15) is 0 Å². The maximum atomic E-state index is 2.58. The van der Waals surface area contributed by atoms with Crippen molar-refractivity contribution in [2.75, 3.05) is 0 Å². The molecule has 0 radical (unpaired) electrons. The van der Waals surface area contributed by atoms with Crippen LogP contribution in [0.2, 0.25) is 0 Å². The molecule has 176 valence electrons. The minimum Gasteiger partial charge on any atom is -0.0654 e. The molecule has 4 rings (SSSR count). The summed E-state index contributed by atoms with van der Waals surface area (Å²) < 4.78 is 0. The van der Waals surface area contributed by atoms with Crippen molar-refractivity contribution in [2.45, 2.75) is 105 Å². The van der Waals surface area contributed by atoms with Gasteiger partial charge in [-0.2, -0.15) is 0 Å². The van der Waals surface area contributed by atoms with E-state index in [1.807, 2.05) is 0 Å². The molecule has 0 amide bonds. The molecular weight excluding hydrogens is 396 g/mol. The van der Waals surface area contributed by atoms with Gasteiger partial charge in [0, 0.05) is 11.8 Å². The zero-order chi connectivity index (χ0) is 23.6. The van der Waals surface area contributed by atoms with Crippen LogP contribution in [0.1, 0.15) is 127 Å². The number of benzene rings is 2. The number of unbranched alkanes of at least 4 members (excludes halogenated alkanes) is 2. The molecule has 2 aromatic rings. The fourth-order valence-electron chi connectivity index (χ4n) is 7.12. The Morgan fingerprint density at radius 2 is 1.00 bits per heavy atom. The summed E-state index contributed by atoms with van der Waals surface area (Å²) in [7, 11) is 0. The third-order valence-corrected chi connectivity index (χ3v) is 8.48. The Kier molecular flexibility index (Phi) is 7.32. The lowest BCUT2D eigenvalue weighted by Gasteiger charge is -2.42. The van der Waals surface area contributed by atoms with Crippen molar-refractivity contribution in [2.24, 2.45) is 5.41 Å². The predicted octanol–water partition coefficient (Wildman–Crippen LogP) is 10.3. The highest BCUT2D eigenvalue weighted by Crippen LogP contribution is 2.62. The molecule has 0 fully saturated rings. The molecule has 0 saturated heterocycles. The summed E-state index contributed by atoms with van der Waals surface area (Å²) in [4.78, 5) is 0. The van der Waals surface area contributed by atoms with Crippen LogP contribution in [0.25, 0.3) is 11.1 Å². The molecule has 33 heavy (non-hydrogen) atoms. The van der Waals surface area contributed by atoms with E-state index < -0.39 is 0 Å². The zero-order valence-electron chi connectivity index (χ0n) is 21.9. The number of rotatable bonds is 10. The topological polar surface area (TPSA) is 0 Å². The molecule has 0 heteroatoms. The first-order valence-corrected chi connectivity index (χ1v) is 13.6. The van der Waals surface area contributed by atoms with Crippen LogP contribution in [0.15, 0.2) is 59.7 Å². The van der Waals surface area contributed by atoms with Crippen molar-refractivity contribution >= 4 is 11.1 Å². The minimum absolute atomic E-state index is 0.130. The summed E-state index contributed by atoms with van der Waals surface area (Å²) in [6.07, 6.45) is 9.85. The third-order valence-electron chi connectivity index (χ3n) is 8.48. The van der Waals surface area contributed by atoms with Crippen LogP contribution in [0, 0.1) is 5.41 Å². The fraction of sp³-hybridized carbons (Fsp3) is 0.515. The van der Waals surface area contributed by atoms with Gasteiger partial charge < -0.3 is 0 Å². The maximum Gasteiger partial charge on any atom is 0.0120 e. The highest BCUT2D eigenvalue weighted by Gasteiger charge is 2.48. The highest BCUT2D eigenvalue weighted by molar-refractivity contribution is 5.81. The Hall–Kier alpha value is -2.08. The van der Waals surface area contributed by atoms with Crippen LogP contribution in [-0.2, 0) is 0 Å². The van der Waals surface area contributed by atoms with E-state index in [2.05, 4.69) is 90.1 Å². The van der Waals surface area contributed by atoms with Crippen LogP contribution >= 0.6 is 0 Å². The third kappa shape index (κ3) is 4.05. The first kappa shape index (κ1) is 24.1. The van der Waals surface area contributed by atoms with E-state index in [-0.39, 0.29) is 5.41 Å². The second-order valence-corrected chi connectivity index (χ2v) is 10.8. The van der Waals surface area contributed by atoms with Gasteiger partial charge in [-0.15, -0.1) is 0 Å². The normalized spacial score (nSPS) is 19.9. The monoisotopic (exact) mass is 440 g/mol. The van der Waals surface area contributed by atoms with Crippen molar-refractivity contribution in [1.82, 2.24) is 0 Å². The summed E-state index contributed by atoms with van der Waals surface area (Å²) in [5, 5.41) is 0. The molecule has 0 bridgehead atoms. The van der Waals surface area contributed by atoms with Gasteiger partial charge in [0.15, 0.2) is 0 Å². The van der Waals surface area contributed by atoms with Gasteiger partial charge >= 0.3 is 0 Å². The first-order valence-electron chi connectivity index (χ1n) is 13.6. The SMILES string of the molecule is CCCCC1=C(CC)C(C(C)(C)C2C(CC)=C(CCCC)c3ccccc32)c2ccccc21. The van der Waals surface area contributed by atoms with Gasteiger partial charge in [-0.3, -0.25) is 0 Å². The Morgan fingerprint density at radius 1 is 0.606 bits per heavy atom. The molecule has 0 aromatic heterocycles. The molecule has 0 N–H and O–H groups in total. The summed E-state index contributed by atoms with van der Waals surface area (Å²) >= 11 is 0. The molecule has 0 aliphatic heterocycles. The van der Waals surface area contributed by atoms with E-state index in [0.29, 0.717) is 11.8 Å². The molecule has 0 saturated carbocycles. The molecular formula is C33H44. The van der Waals surface area contributed by atoms with Crippen LogP contribution < -0.4 is 0 Å². The fourth-order valence-corrected chi connectivity index (χ4v) is 7.12. The standard InChI is InChI=1S/C33H44/c1-7-11-17-25-23(9-3)31(29-21-15-13-19-27(25)29)33(5,6)32-24(10-4)26(18-12-8-2)28-20-14-16-22-30(28)32/h13-16,19-22,31-32H,7-12,17-18H2,1-6H3. The second kappa shape index (κ2) is 10.0. The molecule has 2 aromatic carbocycles. The van der Waals surface area contributed by atoms with E-state index >= 15 is 0 Å². The predicted molar refractivity (Wildman–Crippen MR) is 146 cm³/mol. The second-order valence-electron chi connectivity index (χ2n) is 10.8. The Labute approximate surface area is 203 Å². The van der Waals surface area contributed by atoms with E-state index in [0.717, 1.165) is 12.8 Å². The van der Waals surface area contributed by atoms with Crippen molar-refractivity contribution in [3.8, 4) is 0 Å². The van der Waals surface area contributed by atoms with Gasteiger partial charge in [0.05, 0.1) is 0 Å². The van der Waals surface area contributed by atoms with Crippen molar-refractivity contribution in [1.29, 1.82) is 0 Å². The highest BCUT2D eigenvalue weighted by atomic mass is 14.5. The average Bonchev–Trinajstić information content (AvgIpc) is 3.34. The lowest BCUT2D eigenvalue weighted by atomic mass is 9.61. The smallest absolute Gasteiger partial charge is 0.0120 e. The number of hydrogen-bond acceptors (Lipinski definition) is 0. The Morgan fingerprint density at radius 3 is 1.36 bits per heavy atom. The van der Waals surface area contributed by atoms with Gasteiger partial charge in [0.2, 0.25) is 0 Å². The molecule has 0 nitrogen and oxygen atoms in total. The van der Waals surface area contributed by atoms with Gasteiger partial charge in [-0.1, -0.05) is 114 Å². The van der Waals surface area contributed by atoms with Crippen molar-refractivity contribution in [3.05, 3.63) is 81.9 Å². The van der Waals surface area contributed by atoms with Crippen LogP contribution in [0.5, 0.6) is 0 Å². The molecule has 0 heterocycles. The molecule has 2 unspecified atom stereocenters. The molecule has 2 aliphatic carbocycles. The summed E-state index contributed by atoms with van der Waals surface area (Å²) in [5.74, 6) is 0.992. The minimum atomic E-state index is 0.130. The van der Waals surface area contributed by atoms with E-state index in [1.54, 1.807) is 44.5 Å². The van der Waals surface area contributed by atoms with Crippen molar-refractivity contribution < 1.29 is 0 Å². The van der Waals surface area contributed by atoms with Gasteiger partial charge in [0.1, 0.15) is 0 Å².